The maximum absolute atomic E-state index is 11.1. The molecule has 158 valence electrons. The van der Waals surface area contributed by atoms with E-state index in [9.17, 15) is 5.11 Å². The van der Waals surface area contributed by atoms with Gasteiger partial charge < -0.3 is 5.11 Å². The topological polar surface area (TPSA) is 20.2 Å². The lowest BCUT2D eigenvalue weighted by Gasteiger charge is -2.61. The zero-order chi connectivity index (χ0) is 19.2. The molecule has 0 heterocycles. The van der Waals surface area contributed by atoms with Crippen LogP contribution in [-0.2, 0) is 0 Å². The van der Waals surface area contributed by atoms with Crippen molar-refractivity contribution in [2.75, 3.05) is 0 Å². The van der Waals surface area contributed by atoms with E-state index in [4.69, 9.17) is 0 Å². The number of unbranched alkanes of at least 4 members (excludes halogenated alkanes) is 1. The summed E-state index contributed by atoms with van der Waals surface area (Å²) in [5, 5.41) is 11.1. The van der Waals surface area contributed by atoms with Crippen LogP contribution >= 0.6 is 0 Å². The molecule has 0 spiro atoms. The van der Waals surface area contributed by atoms with Crippen LogP contribution in [0, 0.1) is 46.3 Å². The lowest BCUT2D eigenvalue weighted by molar-refractivity contribution is -0.157. The van der Waals surface area contributed by atoms with Crippen molar-refractivity contribution in [3.63, 3.8) is 0 Å². The van der Waals surface area contributed by atoms with E-state index >= 15 is 0 Å². The van der Waals surface area contributed by atoms with Gasteiger partial charge in [0.25, 0.3) is 0 Å². The van der Waals surface area contributed by atoms with Crippen LogP contribution in [0.25, 0.3) is 0 Å². The molecule has 8 unspecified atom stereocenters. The fourth-order valence-corrected chi connectivity index (χ4v) is 8.88. The van der Waals surface area contributed by atoms with Crippen LogP contribution in [0.2, 0.25) is 0 Å². The fourth-order valence-electron chi connectivity index (χ4n) is 8.88. The highest BCUT2D eigenvalue weighted by Gasteiger charge is 2.61. The standard InChI is InChI=1S/C26H46O.H2/c1-18(2)9-5-6-10-19-12-13-21-20-17-24(27)23-11-7-8-15-26(23,4)22(20)14-16-25(19,21)3;/h18-24,27H,5-17H2,1-4H3;1H. The SMILES string of the molecule is CC(C)CCCCC1CCC2C3CC(O)C4CCCCC4(C)C3CCC12C.[HH]. The Balaban J connectivity index is 0.00000225. The van der Waals surface area contributed by atoms with Gasteiger partial charge in [0.2, 0.25) is 0 Å². The number of rotatable bonds is 5. The van der Waals surface area contributed by atoms with Crippen molar-refractivity contribution < 1.29 is 6.53 Å². The summed E-state index contributed by atoms with van der Waals surface area (Å²) in [6.07, 6.45) is 18.2. The smallest absolute Gasteiger partial charge is 0.0576 e. The molecule has 0 radical (unpaired) electrons. The third-order valence-corrected chi connectivity index (χ3v) is 10.4. The maximum atomic E-state index is 11.1. The monoisotopic (exact) mass is 376 g/mol. The van der Waals surface area contributed by atoms with Crippen LogP contribution in [0.15, 0.2) is 0 Å². The second kappa shape index (κ2) is 7.66. The number of aliphatic hydroxyl groups excluding tert-OH is 1. The predicted octanol–water partition coefficient (Wildman–Crippen LogP) is 7.47. The largest absolute Gasteiger partial charge is 0.393 e. The molecule has 0 saturated heterocycles. The first kappa shape index (κ1) is 20.2. The van der Waals surface area contributed by atoms with Crippen molar-refractivity contribution in [3.05, 3.63) is 0 Å². The predicted molar refractivity (Wildman–Crippen MR) is 117 cm³/mol. The van der Waals surface area contributed by atoms with E-state index in [0.717, 1.165) is 36.0 Å². The Labute approximate surface area is 170 Å². The Morgan fingerprint density at radius 3 is 2.44 bits per heavy atom. The average Bonchev–Trinajstić information content (AvgIpc) is 2.95. The second-order valence-electron chi connectivity index (χ2n) is 12.0. The van der Waals surface area contributed by atoms with Crippen LogP contribution in [-0.4, -0.2) is 11.2 Å². The molecule has 0 aromatic carbocycles. The minimum atomic E-state index is -0.0102. The van der Waals surface area contributed by atoms with E-state index in [-0.39, 0.29) is 7.53 Å². The van der Waals surface area contributed by atoms with Gasteiger partial charge in [-0.3, -0.25) is 0 Å². The molecular formula is C26H48O. The van der Waals surface area contributed by atoms with Gasteiger partial charge in [-0.15, -0.1) is 0 Å². The van der Waals surface area contributed by atoms with Gasteiger partial charge in [0.1, 0.15) is 0 Å². The Hall–Kier alpha value is -0.0400. The highest BCUT2D eigenvalue weighted by Crippen LogP contribution is 2.67. The molecule has 1 N–H and O–H groups in total. The summed E-state index contributed by atoms with van der Waals surface area (Å²) in [4.78, 5) is 0. The van der Waals surface area contributed by atoms with Gasteiger partial charge in [0.05, 0.1) is 6.10 Å². The van der Waals surface area contributed by atoms with Crippen molar-refractivity contribution in [1.82, 2.24) is 0 Å². The van der Waals surface area contributed by atoms with E-state index in [2.05, 4.69) is 27.7 Å². The first-order chi connectivity index (χ1) is 12.9. The van der Waals surface area contributed by atoms with Crippen molar-refractivity contribution in [2.24, 2.45) is 46.3 Å². The Morgan fingerprint density at radius 2 is 1.67 bits per heavy atom. The fraction of sp³-hybridized carbons (Fsp3) is 1.00. The molecule has 1 heteroatoms. The number of hydrogen-bond donors (Lipinski definition) is 1. The van der Waals surface area contributed by atoms with Gasteiger partial charge in [-0.05, 0) is 97.7 Å². The Bertz CT molecular complexity index is 519. The lowest BCUT2D eigenvalue weighted by atomic mass is 9.44. The van der Waals surface area contributed by atoms with Crippen LogP contribution in [0.3, 0.4) is 0 Å². The molecule has 0 aromatic heterocycles. The van der Waals surface area contributed by atoms with Crippen LogP contribution in [0.1, 0.15) is 113 Å². The zero-order valence-corrected chi connectivity index (χ0v) is 18.7. The lowest BCUT2D eigenvalue weighted by Crippen LogP contribution is -2.56. The summed E-state index contributed by atoms with van der Waals surface area (Å²) >= 11 is 0. The summed E-state index contributed by atoms with van der Waals surface area (Å²) in [6, 6.07) is 0. The van der Waals surface area contributed by atoms with E-state index in [0.29, 0.717) is 16.7 Å². The quantitative estimate of drug-likeness (QED) is 0.493. The molecule has 4 aliphatic carbocycles. The molecule has 0 aliphatic heterocycles. The van der Waals surface area contributed by atoms with Crippen molar-refractivity contribution >= 4 is 0 Å². The number of hydrogen-bond acceptors (Lipinski definition) is 1. The molecule has 0 aromatic rings. The second-order valence-corrected chi connectivity index (χ2v) is 12.0. The Kier molecular flexibility index (Phi) is 5.74. The van der Waals surface area contributed by atoms with Crippen LogP contribution < -0.4 is 0 Å². The normalized spacial score (nSPS) is 49.6. The van der Waals surface area contributed by atoms with E-state index in [1.165, 1.54) is 77.0 Å². The summed E-state index contributed by atoms with van der Waals surface area (Å²) < 4.78 is 0. The molecule has 0 bridgehead atoms. The van der Waals surface area contributed by atoms with E-state index < -0.39 is 0 Å². The van der Waals surface area contributed by atoms with Gasteiger partial charge >= 0.3 is 0 Å². The molecular weight excluding hydrogens is 328 g/mol. The molecule has 4 aliphatic rings. The minimum Gasteiger partial charge on any atom is -0.393 e. The van der Waals surface area contributed by atoms with E-state index in [1.54, 1.807) is 0 Å². The third kappa shape index (κ3) is 3.43. The zero-order valence-electron chi connectivity index (χ0n) is 18.7. The summed E-state index contributed by atoms with van der Waals surface area (Å²) in [5.41, 5.74) is 1.02. The maximum Gasteiger partial charge on any atom is 0.0576 e. The molecule has 4 rings (SSSR count). The third-order valence-electron chi connectivity index (χ3n) is 10.4. The van der Waals surface area contributed by atoms with Crippen LogP contribution in [0.5, 0.6) is 0 Å². The molecule has 27 heavy (non-hydrogen) atoms. The van der Waals surface area contributed by atoms with Crippen LogP contribution in [0.4, 0.5) is 0 Å². The van der Waals surface area contributed by atoms with E-state index in [1.807, 2.05) is 0 Å². The minimum absolute atomic E-state index is 0. The number of aliphatic hydroxyl groups is 1. The number of fused-ring (bicyclic) bond motifs is 5. The first-order valence-corrected chi connectivity index (χ1v) is 12.5. The van der Waals surface area contributed by atoms with Gasteiger partial charge in [-0.2, -0.15) is 0 Å². The Morgan fingerprint density at radius 1 is 0.889 bits per heavy atom. The molecule has 1 nitrogen and oxygen atoms in total. The highest BCUT2D eigenvalue weighted by atomic mass is 16.3. The van der Waals surface area contributed by atoms with Crippen molar-refractivity contribution in [2.45, 2.75) is 117 Å². The molecule has 4 fully saturated rings. The summed E-state index contributed by atoms with van der Waals surface area (Å²) in [6.45, 7) is 9.97. The summed E-state index contributed by atoms with van der Waals surface area (Å²) in [5.74, 6) is 5.05. The highest BCUT2D eigenvalue weighted by molar-refractivity contribution is 5.10. The van der Waals surface area contributed by atoms with Gasteiger partial charge in [-0.1, -0.05) is 59.8 Å². The van der Waals surface area contributed by atoms with Gasteiger partial charge in [0.15, 0.2) is 0 Å². The van der Waals surface area contributed by atoms with Gasteiger partial charge in [-0.25, -0.2) is 0 Å². The molecule has 4 saturated carbocycles. The van der Waals surface area contributed by atoms with Gasteiger partial charge in [0, 0.05) is 1.43 Å². The molecule has 0 amide bonds. The summed E-state index contributed by atoms with van der Waals surface area (Å²) in [7, 11) is 0. The van der Waals surface area contributed by atoms with Crippen molar-refractivity contribution in [1.29, 1.82) is 0 Å². The molecule has 8 atom stereocenters. The van der Waals surface area contributed by atoms with Crippen molar-refractivity contribution in [3.8, 4) is 0 Å². The average molecular weight is 377 g/mol. The first-order valence-electron chi connectivity index (χ1n) is 12.5.